The van der Waals surface area contributed by atoms with E-state index in [4.69, 9.17) is 4.74 Å². The Hall–Kier alpha value is -1.76. The number of aliphatic hydroxyl groups excluding tert-OH is 1. The summed E-state index contributed by atoms with van der Waals surface area (Å²) in [5.41, 5.74) is 1.80. The van der Waals surface area contributed by atoms with Gasteiger partial charge in [-0.05, 0) is 36.2 Å². The first kappa shape index (κ1) is 17.6. The molecule has 0 bridgehead atoms. The van der Waals surface area contributed by atoms with Crippen molar-refractivity contribution in [3.63, 3.8) is 0 Å². The number of aliphatic hydroxyl groups is 1. The van der Waals surface area contributed by atoms with Crippen LogP contribution in [0.15, 0.2) is 30.3 Å². The van der Waals surface area contributed by atoms with Crippen LogP contribution in [-0.2, 0) is 4.74 Å². The number of amides is 1. The van der Waals surface area contributed by atoms with Crippen LogP contribution in [0.5, 0.6) is 0 Å². The van der Waals surface area contributed by atoms with Crippen LogP contribution in [0.4, 0.5) is 4.39 Å². The zero-order chi connectivity index (χ0) is 17.0. The minimum absolute atomic E-state index is 0.151. The van der Waals surface area contributed by atoms with Gasteiger partial charge in [-0.25, -0.2) is 4.39 Å². The Kier molecular flexibility index (Phi) is 5.87. The predicted octanol–water partition coefficient (Wildman–Crippen LogP) is 2.94. The molecule has 0 unspecified atom stereocenters. The van der Waals surface area contributed by atoms with Crippen molar-refractivity contribution in [2.45, 2.75) is 13.0 Å². The zero-order valence-corrected chi connectivity index (χ0v) is 14.2. The fourth-order valence-corrected chi connectivity index (χ4v) is 3.37. The first-order valence-electron chi connectivity index (χ1n) is 7.21. The summed E-state index contributed by atoms with van der Waals surface area (Å²) in [4.78, 5) is 15.5. The summed E-state index contributed by atoms with van der Waals surface area (Å²) >= 11 is 1.39. The molecule has 2 aromatic rings. The Balaban J connectivity index is 2.16. The molecule has 1 amide bonds. The van der Waals surface area contributed by atoms with Gasteiger partial charge < -0.3 is 14.7 Å². The van der Waals surface area contributed by atoms with Crippen molar-refractivity contribution < 1.29 is 19.0 Å². The highest BCUT2D eigenvalue weighted by Gasteiger charge is 2.19. The summed E-state index contributed by atoms with van der Waals surface area (Å²) in [6.07, 6.45) is -0.716. The Bertz CT molecular complexity index is 669. The highest BCUT2D eigenvalue weighted by atomic mass is 32.1. The molecule has 1 N–H and O–H groups in total. The van der Waals surface area contributed by atoms with Crippen molar-refractivity contribution in [3.8, 4) is 11.1 Å². The van der Waals surface area contributed by atoms with Crippen molar-refractivity contribution in [1.29, 1.82) is 0 Å². The van der Waals surface area contributed by atoms with Gasteiger partial charge in [0.15, 0.2) is 0 Å². The first-order valence-corrected chi connectivity index (χ1v) is 8.03. The van der Waals surface area contributed by atoms with Crippen molar-refractivity contribution >= 4 is 17.2 Å². The number of hydrogen-bond donors (Lipinski definition) is 1. The van der Waals surface area contributed by atoms with E-state index in [9.17, 15) is 14.3 Å². The number of nitrogens with zero attached hydrogens (tertiary/aromatic N) is 1. The number of halogens is 1. The monoisotopic (exact) mass is 337 g/mol. The minimum Gasteiger partial charge on any atom is -0.389 e. The molecule has 0 aliphatic rings. The van der Waals surface area contributed by atoms with Crippen LogP contribution in [0.1, 0.15) is 14.5 Å². The maximum absolute atomic E-state index is 13.0. The molecule has 0 spiro atoms. The summed E-state index contributed by atoms with van der Waals surface area (Å²) < 4.78 is 17.9. The SMILES string of the molecule is COC[C@@H](O)CN(C)C(=O)c1cc(-c2ccc(F)cc2)c(C)s1. The van der Waals surface area contributed by atoms with E-state index in [-0.39, 0.29) is 24.9 Å². The molecule has 0 radical (unpaired) electrons. The van der Waals surface area contributed by atoms with E-state index in [1.165, 1.54) is 35.5 Å². The number of aryl methyl sites for hydroxylation is 1. The number of hydrogen-bond acceptors (Lipinski definition) is 4. The second kappa shape index (κ2) is 7.68. The predicted molar refractivity (Wildman–Crippen MR) is 89.3 cm³/mol. The maximum atomic E-state index is 13.0. The maximum Gasteiger partial charge on any atom is 0.263 e. The lowest BCUT2D eigenvalue weighted by Gasteiger charge is -2.19. The molecule has 2 rings (SSSR count). The van der Waals surface area contributed by atoms with E-state index in [1.54, 1.807) is 19.2 Å². The molecule has 1 aromatic carbocycles. The van der Waals surface area contributed by atoms with Gasteiger partial charge in [-0.1, -0.05) is 12.1 Å². The van der Waals surface area contributed by atoms with E-state index in [0.717, 1.165) is 16.0 Å². The average Bonchev–Trinajstić information content (AvgIpc) is 2.89. The van der Waals surface area contributed by atoms with Gasteiger partial charge in [0.2, 0.25) is 0 Å². The average molecular weight is 337 g/mol. The first-order chi connectivity index (χ1) is 10.9. The molecule has 1 aromatic heterocycles. The summed E-state index contributed by atoms with van der Waals surface area (Å²) in [7, 11) is 3.15. The lowest BCUT2D eigenvalue weighted by atomic mass is 10.1. The number of ether oxygens (including phenoxy) is 1. The molecule has 1 heterocycles. The second-order valence-electron chi connectivity index (χ2n) is 5.38. The summed E-state index contributed by atoms with van der Waals surface area (Å²) in [5.74, 6) is -0.439. The third kappa shape index (κ3) is 4.37. The van der Waals surface area contributed by atoms with Crippen LogP contribution in [-0.4, -0.2) is 49.3 Å². The number of methoxy groups -OCH3 is 1. The molecule has 4 nitrogen and oxygen atoms in total. The van der Waals surface area contributed by atoms with Crippen LogP contribution >= 0.6 is 11.3 Å². The lowest BCUT2D eigenvalue weighted by Crippen LogP contribution is -2.35. The lowest BCUT2D eigenvalue weighted by molar-refractivity contribution is 0.0382. The van der Waals surface area contributed by atoms with Crippen LogP contribution in [0.2, 0.25) is 0 Å². The highest BCUT2D eigenvalue weighted by molar-refractivity contribution is 7.14. The fourth-order valence-electron chi connectivity index (χ4n) is 2.34. The second-order valence-corrected chi connectivity index (χ2v) is 6.64. The largest absolute Gasteiger partial charge is 0.389 e. The van der Waals surface area contributed by atoms with E-state index in [2.05, 4.69) is 0 Å². The molecule has 1 atom stereocenters. The van der Waals surface area contributed by atoms with Gasteiger partial charge in [0.05, 0.1) is 17.6 Å². The van der Waals surface area contributed by atoms with Gasteiger partial charge in [0.1, 0.15) is 5.82 Å². The van der Waals surface area contributed by atoms with Crippen LogP contribution in [0.25, 0.3) is 11.1 Å². The van der Waals surface area contributed by atoms with Gasteiger partial charge in [-0.15, -0.1) is 11.3 Å². The Labute approximate surface area is 139 Å². The van der Waals surface area contributed by atoms with Crippen molar-refractivity contribution in [2.75, 3.05) is 27.3 Å². The normalized spacial score (nSPS) is 12.2. The van der Waals surface area contributed by atoms with Gasteiger partial charge in [0.25, 0.3) is 5.91 Å². The molecular formula is C17H20FNO3S. The molecule has 124 valence electrons. The number of carbonyl (C=O) groups excluding carboxylic acids is 1. The van der Waals surface area contributed by atoms with Crippen LogP contribution in [0, 0.1) is 12.7 Å². The molecular weight excluding hydrogens is 317 g/mol. The standard InChI is InChI=1S/C17H20FNO3S/c1-11-15(12-4-6-13(18)7-5-12)8-16(23-11)17(21)19(2)9-14(20)10-22-3/h4-8,14,20H,9-10H2,1-3H3/t14-/m0/s1. The number of carbonyl (C=O) groups is 1. The number of thiophene rings is 1. The molecule has 0 aliphatic heterocycles. The van der Waals surface area contributed by atoms with Crippen LogP contribution < -0.4 is 0 Å². The van der Waals surface area contributed by atoms with E-state index < -0.39 is 6.10 Å². The summed E-state index contributed by atoms with van der Waals surface area (Å²) in [6.45, 7) is 2.32. The number of likely N-dealkylation sites (N-methyl/N-ethyl adjacent to an activating group) is 1. The topological polar surface area (TPSA) is 49.8 Å². The van der Waals surface area contributed by atoms with E-state index in [1.807, 2.05) is 13.0 Å². The van der Waals surface area contributed by atoms with Crippen LogP contribution in [0.3, 0.4) is 0 Å². The minimum atomic E-state index is -0.716. The third-order valence-electron chi connectivity index (χ3n) is 3.47. The molecule has 0 saturated heterocycles. The molecule has 0 fully saturated rings. The summed E-state index contributed by atoms with van der Waals surface area (Å²) in [5, 5.41) is 9.73. The fraction of sp³-hybridized carbons (Fsp3) is 0.353. The van der Waals surface area contributed by atoms with E-state index >= 15 is 0 Å². The van der Waals surface area contributed by atoms with Crippen molar-refractivity contribution in [3.05, 3.63) is 45.9 Å². The quantitative estimate of drug-likeness (QED) is 0.882. The third-order valence-corrected chi connectivity index (χ3v) is 4.51. The van der Waals surface area contributed by atoms with Crippen molar-refractivity contribution in [1.82, 2.24) is 4.90 Å². The summed E-state index contributed by atoms with van der Waals surface area (Å²) in [6, 6.07) is 8.02. The Morgan fingerprint density at radius 3 is 2.65 bits per heavy atom. The Morgan fingerprint density at radius 2 is 2.04 bits per heavy atom. The smallest absolute Gasteiger partial charge is 0.263 e. The molecule has 0 aliphatic carbocycles. The molecule has 6 heteroatoms. The zero-order valence-electron chi connectivity index (χ0n) is 13.4. The highest BCUT2D eigenvalue weighted by Crippen LogP contribution is 2.31. The Morgan fingerprint density at radius 1 is 1.39 bits per heavy atom. The van der Waals surface area contributed by atoms with Crippen molar-refractivity contribution in [2.24, 2.45) is 0 Å². The number of rotatable bonds is 6. The van der Waals surface area contributed by atoms with E-state index in [0.29, 0.717) is 4.88 Å². The van der Waals surface area contributed by atoms with Gasteiger partial charge in [-0.2, -0.15) is 0 Å². The molecule has 23 heavy (non-hydrogen) atoms. The van der Waals surface area contributed by atoms with Gasteiger partial charge in [-0.3, -0.25) is 4.79 Å². The number of benzene rings is 1. The molecule has 0 saturated carbocycles. The van der Waals surface area contributed by atoms with Gasteiger partial charge in [0, 0.05) is 25.6 Å². The van der Waals surface area contributed by atoms with Gasteiger partial charge >= 0.3 is 0 Å².